The SMILES string of the molecule is CC(C)(C)C(=O)Nc1nnc(C(c2ccccc2)c2ccccc2)s1. The van der Waals surface area contributed by atoms with E-state index in [1.807, 2.05) is 57.2 Å². The molecule has 0 aliphatic heterocycles. The van der Waals surface area contributed by atoms with Crippen LogP contribution in [0.2, 0.25) is 0 Å². The zero-order valence-corrected chi connectivity index (χ0v) is 15.4. The van der Waals surface area contributed by atoms with Crippen LogP contribution < -0.4 is 5.32 Å². The van der Waals surface area contributed by atoms with E-state index in [2.05, 4.69) is 39.8 Å². The minimum absolute atomic E-state index is 0.000175. The van der Waals surface area contributed by atoms with E-state index in [1.54, 1.807) is 0 Å². The first-order valence-corrected chi connectivity index (χ1v) is 9.01. The lowest BCUT2D eigenvalue weighted by Gasteiger charge is -2.16. The van der Waals surface area contributed by atoms with Crippen LogP contribution in [0.3, 0.4) is 0 Å². The number of aromatic nitrogens is 2. The molecule has 3 aromatic rings. The topological polar surface area (TPSA) is 54.9 Å². The molecule has 3 rings (SSSR count). The Hall–Kier alpha value is -2.53. The van der Waals surface area contributed by atoms with Crippen LogP contribution in [0.25, 0.3) is 0 Å². The molecule has 0 radical (unpaired) electrons. The summed E-state index contributed by atoms with van der Waals surface area (Å²) in [6.45, 7) is 5.63. The Balaban J connectivity index is 1.94. The summed E-state index contributed by atoms with van der Waals surface area (Å²) in [7, 11) is 0. The van der Waals surface area contributed by atoms with Crippen molar-refractivity contribution in [1.29, 1.82) is 0 Å². The molecule has 128 valence electrons. The van der Waals surface area contributed by atoms with Crippen LogP contribution in [-0.2, 0) is 4.79 Å². The first-order chi connectivity index (χ1) is 11.9. The Labute approximate surface area is 151 Å². The smallest absolute Gasteiger partial charge is 0.231 e. The van der Waals surface area contributed by atoms with Gasteiger partial charge in [0.05, 0.1) is 5.92 Å². The Morgan fingerprint density at radius 3 is 1.92 bits per heavy atom. The highest BCUT2D eigenvalue weighted by Crippen LogP contribution is 2.35. The summed E-state index contributed by atoms with van der Waals surface area (Å²) in [5, 5.41) is 12.8. The zero-order valence-electron chi connectivity index (χ0n) is 14.6. The molecule has 5 heteroatoms. The van der Waals surface area contributed by atoms with E-state index in [9.17, 15) is 4.79 Å². The van der Waals surface area contributed by atoms with Crippen LogP contribution in [0.4, 0.5) is 5.13 Å². The normalized spacial score (nSPS) is 11.5. The molecule has 0 unspecified atom stereocenters. The quantitative estimate of drug-likeness (QED) is 0.741. The maximum Gasteiger partial charge on any atom is 0.231 e. The Kier molecular flexibility index (Phi) is 4.95. The molecule has 1 N–H and O–H groups in total. The molecule has 0 aliphatic carbocycles. The molecule has 1 amide bonds. The fraction of sp³-hybridized carbons (Fsp3) is 0.250. The van der Waals surface area contributed by atoms with Crippen molar-refractivity contribution in [2.75, 3.05) is 5.32 Å². The van der Waals surface area contributed by atoms with E-state index in [0.717, 1.165) is 16.1 Å². The lowest BCUT2D eigenvalue weighted by atomic mass is 9.92. The fourth-order valence-corrected chi connectivity index (χ4v) is 3.35. The highest BCUT2D eigenvalue weighted by molar-refractivity contribution is 7.15. The predicted molar refractivity (Wildman–Crippen MR) is 102 cm³/mol. The highest BCUT2D eigenvalue weighted by atomic mass is 32.1. The van der Waals surface area contributed by atoms with Gasteiger partial charge in [-0.15, -0.1) is 10.2 Å². The predicted octanol–water partition coefficient (Wildman–Crippen LogP) is 4.70. The third kappa shape index (κ3) is 4.12. The molecule has 1 heterocycles. The van der Waals surface area contributed by atoms with Crippen molar-refractivity contribution in [3.63, 3.8) is 0 Å². The van der Waals surface area contributed by atoms with Crippen molar-refractivity contribution in [3.05, 3.63) is 76.8 Å². The molecule has 0 bridgehead atoms. The summed E-state index contributed by atoms with van der Waals surface area (Å²) >= 11 is 1.42. The summed E-state index contributed by atoms with van der Waals surface area (Å²) in [5.41, 5.74) is 1.83. The molecule has 0 atom stereocenters. The average molecular weight is 351 g/mol. The van der Waals surface area contributed by atoms with E-state index < -0.39 is 5.41 Å². The molecular weight excluding hydrogens is 330 g/mol. The Morgan fingerprint density at radius 2 is 1.44 bits per heavy atom. The van der Waals surface area contributed by atoms with E-state index in [-0.39, 0.29) is 11.8 Å². The Bertz CT molecular complexity index is 799. The molecule has 0 saturated carbocycles. The van der Waals surface area contributed by atoms with Crippen molar-refractivity contribution in [1.82, 2.24) is 10.2 Å². The van der Waals surface area contributed by atoms with Crippen LogP contribution in [0.1, 0.15) is 42.8 Å². The lowest BCUT2D eigenvalue weighted by Crippen LogP contribution is -2.27. The largest absolute Gasteiger partial charge is 0.300 e. The van der Waals surface area contributed by atoms with E-state index in [4.69, 9.17) is 0 Å². The van der Waals surface area contributed by atoms with E-state index in [1.165, 1.54) is 11.3 Å². The van der Waals surface area contributed by atoms with Gasteiger partial charge in [0, 0.05) is 5.41 Å². The van der Waals surface area contributed by atoms with Gasteiger partial charge < -0.3 is 5.32 Å². The number of hydrogen-bond acceptors (Lipinski definition) is 4. The van der Waals surface area contributed by atoms with Crippen LogP contribution in [0.5, 0.6) is 0 Å². The van der Waals surface area contributed by atoms with Gasteiger partial charge in [-0.05, 0) is 11.1 Å². The number of benzene rings is 2. The van der Waals surface area contributed by atoms with Crippen LogP contribution >= 0.6 is 11.3 Å². The molecule has 0 spiro atoms. The summed E-state index contributed by atoms with van der Waals surface area (Å²) in [4.78, 5) is 12.2. The molecule has 25 heavy (non-hydrogen) atoms. The number of anilines is 1. The van der Waals surface area contributed by atoms with Crippen LogP contribution in [0, 0.1) is 5.41 Å². The van der Waals surface area contributed by atoms with E-state index in [0.29, 0.717) is 5.13 Å². The average Bonchev–Trinajstić information content (AvgIpc) is 3.04. The van der Waals surface area contributed by atoms with Gasteiger partial charge in [0.25, 0.3) is 0 Å². The van der Waals surface area contributed by atoms with Gasteiger partial charge in [-0.1, -0.05) is 92.8 Å². The van der Waals surface area contributed by atoms with Crippen LogP contribution in [0.15, 0.2) is 60.7 Å². The van der Waals surface area contributed by atoms with Crippen molar-refractivity contribution in [2.45, 2.75) is 26.7 Å². The summed E-state index contributed by atoms with van der Waals surface area (Å²) in [6, 6.07) is 20.4. The van der Waals surface area contributed by atoms with Crippen LogP contribution in [-0.4, -0.2) is 16.1 Å². The van der Waals surface area contributed by atoms with E-state index >= 15 is 0 Å². The summed E-state index contributed by atoms with van der Waals surface area (Å²) in [6.07, 6.45) is 0. The highest BCUT2D eigenvalue weighted by Gasteiger charge is 2.25. The molecule has 4 nitrogen and oxygen atoms in total. The molecular formula is C20H21N3OS. The fourth-order valence-electron chi connectivity index (χ4n) is 2.45. The molecule has 0 saturated heterocycles. The zero-order chi connectivity index (χ0) is 17.9. The number of carbonyl (C=O) groups excluding carboxylic acids is 1. The second-order valence-corrected chi connectivity index (χ2v) is 7.91. The maximum atomic E-state index is 12.2. The standard InChI is InChI=1S/C20H21N3OS/c1-20(2,3)18(24)21-19-23-22-17(25-19)16(14-10-6-4-7-11-14)15-12-8-5-9-13-15/h4-13,16H,1-3H3,(H,21,23,24). The summed E-state index contributed by atoms with van der Waals surface area (Å²) < 4.78 is 0. The third-order valence-electron chi connectivity index (χ3n) is 3.86. The molecule has 2 aromatic carbocycles. The third-order valence-corrected chi connectivity index (χ3v) is 4.76. The van der Waals surface area contributed by atoms with Gasteiger partial charge in [-0.25, -0.2) is 0 Å². The lowest BCUT2D eigenvalue weighted by molar-refractivity contribution is -0.123. The molecule has 1 aromatic heterocycles. The van der Waals surface area contributed by atoms with Gasteiger partial charge in [0.15, 0.2) is 0 Å². The number of amides is 1. The molecule has 0 aliphatic rings. The van der Waals surface area contributed by atoms with Gasteiger partial charge in [-0.3, -0.25) is 4.79 Å². The maximum absolute atomic E-state index is 12.2. The first-order valence-electron chi connectivity index (χ1n) is 8.20. The second kappa shape index (κ2) is 7.15. The second-order valence-electron chi connectivity index (χ2n) is 6.90. The summed E-state index contributed by atoms with van der Waals surface area (Å²) in [5.74, 6) is -0.0636. The van der Waals surface area contributed by atoms with Crippen molar-refractivity contribution >= 4 is 22.4 Å². The van der Waals surface area contributed by atoms with Gasteiger partial charge in [0.2, 0.25) is 11.0 Å². The number of rotatable bonds is 4. The number of carbonyl (C=O) groups is 1. The van der Waals surface area contributed by atoms with Crippen molar-refractivity contribution < 1.29 is 4.79 Å². The van der Waals surface area contributed by atoms with Gasteiger partial charge in [-0.2, -0.15) is 0 Å². The minimum Gasteiger partial charge on any atom is -0.300 e. The first kappa shape index (κ1) is 17.3. The minimum atomic E-state index is -0.468. The van der Waals surface area contributed by atoms with Crippen molar-refractivity contribution in [2.24, 2.45) is 5.41 Å². The monoisotopic (exact) mass is 351 g/mol. The Morgan fingerprint density at radius 1 is 0.920 bits per heavy atom. The number of nitrogens with one attached hydrogen (secondary N) is 1. The number of nitrogens with zero attached hydrogens (tertiary/aromatic N) is 2. The van der Waals surface area contributed by atoms with Gasteiger partial charge in [0.1, 0.15) is 5.01 Å². The number of hydrogen-bond donors (Lipinski definition) is 1. The van der Waals surface area contributed by atoms with Crippen molar-refractivity contribution in [3.8, 4) is 0 Å². The van der Waals surface area contributed by atoms with Gasteiger partial charge >= 0.3 is 0 Å². The molecule has 0 fully saturated rings.